The second-order valence-corrected chi connectivity index (χ2v) is 4.44. The van der Waals surface area contributed by atoms with Crippen LogP contribution >= 0.6 is 11.6 Å². The van der Waals surface area contributed by atoms with Crippen LogP contribution in [-0.4, -0.2) is 9.55 Å². The molecule has 1 aromatic heterocycles. The monoisotopic (exact) mass is 251 g/mol. The molecule has 0 atom stereocenters. The van der Waals surface area contributed by atoms with Crippen molar-refractivity contribution in [1.82, 2.24) is 9.55 Å². The molecule has 2 N–H and O–H groups in total. The van der Waals surface area contributed by atoms with Crippen molar-refractivity contribution in [2.45, 2.75) is 19.9 Å². The molecule has 0 aliphatic carbocycles. The Labute approximate surface area is 105 Å². The molecule has 0 amide bonds. The number of hydrogen-bond acceptors (Lipinski definition) is 3. The Morgan fingerprint density at radius 2 is 1.94 bits per heavy atom. The van der Waals surface area contributed by atoms with Gasteiger partial charge < -0.3 is 10.5 Å². The van der Waals surface area contributed by atoms with Gasteiger partial charge in [0.05, 0.1) is 6.20 Å². The van der Waals surface area contributed by atoms with Crippen LogP contribution in [0.5, 0.6) is 11.8 Å². The van der Waals surface area contributed by atoms with Gasteiger partial charge in [0.15, 0.2) is 0 Å². The maximum absolute atomic E-state index is 5.80. The lowest BCUT2D eigenvalue weighted by atomic mass is 10.3. The molecular weight excluding hydrogens is 238 g/mol. The van der Waals surface area contributed by atoms with Crippen LogP contribution in [0.1, 0.15) is 19.9 Å². The fourth-order valence-corrected chi connectivity index (χ4v) is 1.57. The SMILES string of the molecule is CC(C)n1cc(N)nc1Oc1ccc(Cl)cc1. The second kappa shape index (κ2) is 4.67. The molecule has 0 aliphatic heterocycles. The topological polar surface area (TPSA) is 53.1 Å². The van der Waals surface area contributed by atoms with Crippen molar-refractivity contribution in [3.05, 3.63) is 35.5 Å². The van der Waals surface area contributed by atoms with Crippen LogP contribution < -0.4 is 10.5 Å². The molecule has 0 fully saturated rings. The van der Waals surface area contributed by atoms with Crippen molar-refractivity contribution in [3.63, 3.8) is 0 Å². The number of nitrogens with zero attached hydrogens (tertiary/aromatic N) is 2. The number of aromatic nitrogens is 2. The second-order valence-electron chi connectivity index (χ2n) is 4.01. The molecule has 0 spiro atoms. The summed E-state index contributed by atoms with van der Waals surface area (Å²) in [6.45, 7) is 4.08. The lowest BCUT2D eigenvalue weighted by molar-refractivity contribution is 0.396. The Kier molecular flexibility index (Phi) is 3.24. The lowest BCUT2D eigenvalue weighted by Gasteiger charge is -2.11. The summed E-state index contributed by atoms with van der Waals surface area (Å²) in [4.78, 5) is 4.14. The molecule has 90 valence electrons. The first-order valence-electron chi connectivity index (χ1n) is 5.34. The predicted octanol–water partition coefficient (Wildman–Crippen LogP) is 3.49. The Bertz CT molecular complexity index is 505. The smallest absolute Gasteiger partial charge is 0.304 e. The molecule has 0 saturated carbocycles. The van der Waals surface area contributed by atoms with Gasteiger partial charge in [-0.15, -0.1) is 0 Å². The van der Waals surface area contributed by atoms with Crippen LogP contribution in [0, 0.1) is 0 Å². The van der Waals surface area contributed by atoms with E-state index in [4.69, 9.17) is 22.1 Å². The van der Waals surface area contributed by atoms with Crippen molar-refractivity contribution in [2.24, 2.45) is 0 Å². The lowest BCUT2D eigenvalue weighted by Crippen LogP contribution is -2.01. The molecule has 1 aromatic carbocycles. The van der Waals surface area contributed by atoms with Crippen LogP contribution in [0.2, 0.25) is 5.02 Å². The van der Waals surface area contributed by atoms with Gasteiger partial charge in [0.25, 0.3) is 0 Å². The molecule has 0 aliphatic rings. The maximum atomic E-state index is 5.80. The van der Waals surface area contributed by atoms with E-state index in [1.807, 2.05) is 18.4 Å². The summed E-state index contributed by atoms with van der Waals surface area (Å²) in [6, 6.07) is 7.84. The summed E-state index contributed by atoms with van der Waals surface area (Å²) in [5.74, 6) is 1.13. The maximum Gasteiger partial charge on any atom is 0.304 e. The number of anilines is 1. The average molecular weight is 252 g/mol. The first-order valence-corrected chi connectivity index (χ1v) is 5.72. The molecule has 5 heteroatoms. The van der Waals surface area contributed by atoms with Gasteiger partial charge in [-0.1, -0.05) is 11.6 Å². The first kappa shape index (κ1) is 11.8. The normalized spacial score (nSPS) is 10.8. The predicted molar refractivity (Wildman–Crippen MR) is 68.6 cm³/mol. The number of nitrogens with two attached hydrogens (primary N) is 1. The number of rotatable bonds is 3. The minimum Gasteiger partial charge on any atom is -0.425 e. The van der Waals surface area contributed by atoms with Crippen molar-refractivity contribution in [2.75, 3.05) is 5.73 Å². The van der Waals surface area contributed by atoms with Crippen LogP contribution in [-0.2, 0) is 0 Å². The van der Waals surface area contributed by atoms with Crippen LogP contribution in [0.4, 0.5) is 5.82 Å². The first-order chi connectivity index (χ1) is 8.06. The zero-order chi connectivity index (χ0) is 12.4. The summed E-state index contributed by atoms with van der Waals surface area (Å²) in [5, 5.41) is 0.670. The molecule has 4 nitrogen and oxygen atoms in total. The van der Waals surface area contributed by atoms with E-state index in [0.29, 0.717) is 22.6 Å². The van der Waals surface area contributed by atoms with Gasteiger partial charge in [-0.05, 0) is 38.1 Å². The quantitative estimate of drug-likeness (QED) is 0.909. The third-order valence-electron chi connectivity index (χ3n) is 2.30. The Hall–Kier alpha value is -1.68. The Morgan fingerprint density at radius 3 is 2.53 bits per heavy atom. The highest BCUT2D eigenvalue weighted by atomic mass is 35.5. The zero-order valence-electron chi connectivity index (χ0n) is 9.72. The average Bonchev–Trinajstić information content (AvgIpc) is 2.63. The molecule has 2 aromatic rings. The molecule has 0 unspecified atom stereocenters. The summed E-state index contributed by atoms with van der Waals surface area (Å²) in [6.07, 6.45) is 1.76. The Balaban J connectivity index is 2.26. The van der Waals surface area contributed by atoms with Gasteiger partial charge in [-0.25, -0.2) is 0 Å². The van der Waals surface area contributed by atoms with E-state index < -0.39 is 0 Å². The largest absolute Gasteiger partial charge is 0.425 e. The minimum atomic E-state index is 0.238. The number of benzene rings is 1. The fraction of sp³-hybridized carbons (Fsp3) is 0.250. The number of nitrogen functional groups attached to an aromatic ring is 1. The van der Waals surface area contributed by atoms with Crippen molar-refractivity contribution >= 4 is 17.4 Å². The van der Waals surface area contributed by atoms with E-state index in [9.17, 15) is 0 Å². The summed E-state index contributed by atoms with van der Waals surface area (Å²) < 4.78 is 7.54. The van der Waals surface area contributed by atoms with Crippen LogP contribution in [0.15, 0.2) is 30.5 Å². The molecule has 2 rings (SSSR count). The van der Waals surface area contributed by atoms with E-state index >= 15 is 0 Å². The van der Waals surface area contributed by atoms with Gasteiger partial charge >= 0.3 is 6.01 Å². The van der Waals surface area contributed by atoms with Crippen molar-refractivity contribution < 1.29 is 4.74 Å². The van der Waals surface area contributed by atoms with E-state index in [1.54, 1.807) is 30.5 Å². The van der Waals surface area contributed by atoms with Crippen LogP contribution in [0.25, 0.3) is 0 Å². The summed E-state index contributed by atoms with van der Waals surface area (Å²) in [7, 11) is 0. The van der Waals surface area contributed by atoms with Gasteiger partial charge in [-0.2, -0.15) is 4.98 Å². The van der Waals surface area contributed by atoms with Gasteiger partial charge in [0.1, 0.15) is 11.6 Å². The molecule has 17 heavy (non-hydrogen) atoms. The number of ether oxygens (including phenoxy) is 1. The molecule has 0 saturated heterocycles. The van der Waals surface area contributed by atoms with Crippen molar-refractivity contribution in [3.8, 4) is 11.8 Å². The number of halogens is 1. The number of hydrogen-bond donors (Lipinski definition) is 1. The summed E-state index contributed by atoms with van der Waals surface area (Å²) >= 11 is 5.80. The van der Waals surface area contributed by atoms with E-state index in [1.165, 1.54) is 0 Å². The summed E-state index contributed by atoms with van der Waals surface area (Å²) in [5.41, 5.74) is 5.66. The molecular formula is C12H14ClN3O. The van der Waals surface area contributed by atoms with E-state index in [-0.39, 0.29) is 6.04 Å². The fourth-order valence-electron chi connectivity index (χ4n) is 1.45. The highest BCUT2D eigenvalue weighted by Gasteiger charge is 2.10. The third-order valence-corrected chi connectivity index (χ3v) is 2.55. The minimum absolute atomic E-state index is 0.238. The van der Waals surface area contributed by atoms with E-state index in [0.717, 1.165) is 0 Å². The molecule has 0 bridgehead atoms. The number of imidazole rings is 1. The third kappa shape index (κ3) is 2.71. The molecule has 1 heterocycles. The van der Waals surface area contributed by atoms with Gasteiger partial charge in [-0.3, -0.25) is 4.57 Å². The van der Waals surface area contributed by atoms with Gasteiger partial charge in [0.2, 0.25) is 0 Å². The van der Waals surface area contributed by atoms with Gasteiger partial charge in [0, 0.05) is 11.1 Å². The highest BCUT2D eigenvalue weighted by molar-refractivity contribution is 6.30. The zero-order valence-corrected chi connectivity index (χ0v) is 10.5. The van der Waals surface area contributed by atoms with Crippen LogP contribution in [0.3, 0.4) is 0 Å². The highest BCUT2D eigenvalue weighted by Crippen LogP contribution is 2.25. The molecule has 0 radical (unpaired) electrons. The van der Waals surface area contributed by atoms with E-state index in [2.05, 4.69) is 4.98 Å². The Morgan fingerprint density at radius 1 is 1.29 bits per heavy atom. The standard InChI is InChI=1S/C12H14ClN3O/c1-8(2)16-7-11(14)15-12(16)17-10-5-3-9(13)4-6-10/h3-8H,14H2,1-2H3. The van der Waals surface area contributed by atoms with Crippen molar-refractivity contribution in [1.29, 1.82) is 0 Å².